The normalized spacial score (nSPS) is 12.7. The van der Waals surface area contributed by atoms with E-state index < -0.39 is 49.7 Å². The van der Waals surface area contributed by atoms with Crippen molar-refractivity contribution < 1.29 is 31.5 Å². The van der Waals surface area contributed by atoms with Gasteiger partial charge in [-0.25, -0.2) is 13.2 Å². The zero-order valence-corrected chi connectivity index (χ0v) is 11.5. The number of sulfone groups is 1. The lowest BCUT2D eigenvalue weighted by atomic mass is 10.0. The van der Waals surface area contributed by atoms with E-state index >= 15 is 0 Å². The Balaban J connectivity index is 3.37. The number of carboxylic acids is 1. The molecule has 0 fully saturated rings. The third-order valence-electron chi connectivity index (χ3n) is 2.74. The summed E-state index contributed by atoms with van der Waals surface area (Å²) in [5, 5.41) is 7.88. The molecule has 0 atom stereocenters. The molecule has 0 spiro atoms. The molecule has 112 valence electrons. The molecule has 8 heteroatoms. The first-order valence-corrected chi connectivity index (χ1v) is 7.31. The summed E-state index contributed by atoms with van der Waals surface area (Å²) in [6.07, 6.45) is -4.81. The van der Waals surface area contributed by atoms with Crippen LogP contribution in [0.4, 0.5) is 13.2 Å². The summed E-state index contributed by atoms with van der Waals surface area (Å²) in [4.78, 5) is 10.7. The maximum Gasteiger partial charge on any atom is 0.416 e. The zero-order chi connectivity index (χ0) is 15.7. The van der Waals surface area contributed by atoms with Crippen LogP contribution < -0.4 is 0 Å². The monoisotopic (exact) mass is 310 g/mol. The van der Waals surface area contributed by atoms with Gasteiger partial charge in [0, 0.05) is 0 Å². The van der Waals surface area contributed by atoms with Crippen LogP contribution in [0.1, 0.15) is 35.3 Å². The molecule has 0 aliphatic carbocycles. The Morgan fingerprint density at radius 2 is 1.85 bits per heavy atom. The van der Waals surface area contributed by atoms with E-state index in [1.54, 1.807) is 0 Å². The van der Waals surface area contributed by atoms with Gasteiger partial charge < -0.3 is 5.11 Å². The van der Waals surface area contributed by atoms with Crippen LogP contribution in [-0.4, -0.2) is 24.7 Å². The van der Waals surface area contributed by atoms with Gasteiger partial charge in [-0.2, -0.15) is 13.2 Å². The highest BCUT2D eigenvalue weighted by atomic mass is 32.2. The van der Waals surface area contributed by atoms with Crippen molar-refractivity contribution in [2.75, 3.05) is 0 Å². The Bertz CT molecular complexity index is 618. The van der Waals surface area contributed by atoms with Crippen molar-refractivity contribution in [3.63, 3.8) is 0 Å². The molecule has 0 saturated heterocycles. The smallest absolute Gasteiger partial charge is 0.416 e. The van der Waals surface area contributed by atoms with Crippen molar-refractivity contribution in [2.45, 2.75) is 31.0 Å². The molecule has 0 unspecified atom stereocenters. The fourth-order valence-electron chi connectivity index (χ4n) is 1.48. The summed E-state index contributed by atoms with van der Waals surface area (Å²) >= 11 is 0. The highest BCUT2D eigenvalue weighted by Crippen LogP contribution is 2.34. The van der Waals surface area contributed by atoms with E-state index in [1.807, 2.05) is 0 Å². The molecule has 4 nitrogen and oxygen atoms in total. The molecule has 1 aromatic rings. The standard InChI is InChI=1S/C12H13F3O4S/c1-7(2)20(18,19)6-9-4-3-8(11(16)17)5-10(9)12(13,14)15/h3-5,7H,6H2,1-2H3,(H,16,17). The molecule has 0 aliphatic rings. The molecule has 0 aliphatic heterocycles. The number of carbonyl (C=O) groups is 1. The third kappa shape index (κ3) is 3.72. The Hall–Kier alpha value is -1.57. The fraction of sp³-hybridized carbons (Fsp3) is 0.417. The molecule has 0 amide bonds. The van der Waals surface area contributed by atoms with Gasteiger partial charge in [-0.15, -0.1) is 0 Å². The topological polar surface area (TPSA) is 71.4 Å². The average molecular weight is 310 g/mol. The molecule has 0 saturated carbocycles. The number of alkyl halides is 3. The average Bonchev–Trinajstić information content (AvgIpc) is 2.26. The lowest BCUT2D eigenvalue weighted by molar-refractivity contribution is -0.138. The van der Waals surface area contributed by atoms with Crippen molar-refractivity contribution >= 4 is 15.8 Å². The van der Waals surface area contributed by atoms with Gasteiger partial charge in [0.15, 0.2) is 9.84 Å². The summed E-state index contributed by atoms with van der Waals surface area (Å²) in [5.74, 6) is -2.28. The van der Waals surface area contributed by atoms with Crippen molar-refractivity contribution in [1.29, 1.82) is 0 Å². The minimum Gasteiger partial charge on any atom is -0.478 e. The number of hydrogen-bond acceptors (Lipinski definition) is 3. The lowest BCUT2D eigenvalue weighted by Gasteiger charge is -2.15. The van der Waals surface area contributed by atoms with Crippen LogP contribution in [0.2, 0.25) is 0 Å². The van der Waals surface area contributed by atoms with Gasteiger partial charge in [-0.3, -0.25) is 0 Å². The van der Waals surface area contributed by atoms with Crippen molar-refractivity contribution in [2.24, 2.45) is 0 Å². The number of rotatable bonds is 4. The predicted octanol–water partition coefficient (Wildman–Crippen LogP) is 2.73. The van der Waals surface area contributed by atoms with E-state index in [1.165, 1.54) is 13.8 Å². The molecular formula is C12H13F3O4S. The summed E-state index contributed by atoms with van der Waals surface area (Å²) < 4.78 is 62.1. The maximum absolute atomic E-state index is 12.9. The Morgan fingerprint density at radius 1 is 1.30 bits per heavy atom. The molecule has 0 bridgehead atoms. The number of hydrogen-bond donors (Lipinski definition) is 1. The summed E-state index contributed by atoms with van der Waals surface area (Å²) in [5.41, 5.74) is -2.22. The SMILES string of the molecule is CC(C)S(=O)(=O)Cc1ccc(C(=O)O)cc1C(F)(F)F. The van der Waals surface area contributed by atoms with Crippen LogP contribution in [-0.2, 0) is 21.8 Å². The van der Waals surface area contributed by atoms with Gasteiger partial charge in [-0.05, 0) is 31.5 Å². The Morgan fingerprint density at radius 3 is 2.25 bits per heavy atom. The van der Waals surface area contributed by atoms with Gasteiger partial charge in [-0.1, -0.05) is 6.07 Å². The van der Waals surface area contributed by atoms with Crippen LogP contribution in [0.25, 0.3) is 0 Å². The number of benzene rings is 1. The molecule has 20 heavy (non-hydrogen) atoms. The summed E-state index contributed by atoms with van der Waals surface area (Å²) in [7, 11) is -3.71. The fourth-order valence-corrected chi connectivity index (χ4v) is 2.50. The van der Waals surface area contributed by atoms with Gasteiger partial charge in [0.05, 0.1) is 22.1 Å². The maximum atomic E-state index is 12.9. The molecule has 0 radical (unpaired) electrons. The third-order valence-corrected chi connectivity index (χ3v) is 4.89. The van der Waals surface area contributed by atoms with E-state index in [2.05, 4.69) is 0 Å². The highest BCUT2D eigenvalue weighted by molar-refractivity contribution is 7.91. The van der Waals surface area contributed by atoms with E-state index in [0.29, 0.717) is 6.07 Å². The molecular weight excluding hydrogens is 297 g/mol. The largest absolute Gasteiger partial charge is 0.478 e. The van der Waals surface area contributed by atoms with E-state index in [-0.39, 0.29) is 0 Å². The Kier molecular flexibility index (Phi) is 4.48. The van der Waals surface area contributed by atoms with E-state index in [0.717, 1.165) is 12.1 Å². The second-order valence-corrected chi connectivity index (χ2v) is 7.09. The van der Waals surface area contributed by atoms with Crippen LogP contribution in [0, 0.1) is 0 Å². The van der Waals surface area contributed by atoms with Gasteiger partial charge in [0.25, 0.3) is 0 Å². The quantitative estimate of drug-likeness (QED) is 0.928. The second-order valence-electron chi connectivity index (χ2n) is 4.53. The zero-order valence-electron chi connectivity index (χ0n) is 10.7. The minimum absolute atomic E-state index is 0.448. The second kappa shape index (κ2) is 5.43. The molecule has 0 aromatic heterocycles. The van der Waals surface area contributed by atoms with Crippen LogP contribution in [0.3, 0.4) is 0 Å². The number of halogens is 3. The molecule has 1 N–H and O–H groups in total. The Labute approximate surface area is 114 Å². The summed E-state index contributed by atoms with van der Waals surface area (Å²) in [6.45, 7) is 2.74. The van der Waals surface area contributed by atoms with Crippen molar-refractivity contribution in [1.82, 2.24) is 0 Å². The van der Waals surface area contributed by atoms with Gasteiger partial charge in [0.1, 0.15) is 0 Å². The summed E-state index contributed by atoms with van der Waals surface area (Å²) in [6, 6.07) is 2.31. The van der Waals surface area contributed by atoms with Gasteiger partial charge >= 0.3 is 12.1 Å². The van der Waals surface area contributed by atoms with Crippen molar-refractivity contribution in [3.8, 4) is 0 Å². The van der Waals surface area contributed by atoms with Gasteiger partial charge in [0.2, 0.25) is 0 Å². The van der Waals surface area contributed by atoms with Crippen LogP contribution in [0.15, 0.2) is 18.2 Å². The molecule has 1 rings (SSSR count). The number of aromatic carboxylic acids is 1. The van der Waals surface area contributed by atoms with E-state index in [4.69, 9.17) is 5.11 Å². The van der Waals surface area contributed by atoms with Crippen molar-refractivity contribution in [3.05, 3.63) is 34.9 Å². The first-order chi connectivity index (χ1) is 8.95. The van der Waals surface area contributed by atoms with Crippen LogP contribution in [0.5, 0.6) is 0 Å². The highest BCUT2D eigenvalue weighted by Gasteiger charge is 2.35. The predicted molar refractivity (Wildman–Crippen MR) is 66.2 cm³/mol. The van der Waals surface area contributed by atoms with E-state index in [9.17, 15) is 26.4 Å². The number of carboxylic acid groups (broad SMARTS) is 1. The first kappa shape index (κ1) is 16.5. The first-order valence-electron chi connectivity index (χ1n) is 5.60. The lowest BCUT2D eigenvalue weighted by Crippen LogP contribution is -2.19. The van der Waals surface area contributed by atoms with Crippen LogP contribution >= 0.6 is 0 Å². The minimum atomic E-state index is -4.81. The molecule has 0 heterocycles. The molecule has 1 aromatic carbocycles.